The van der Waals surface area contributed by atoms with Crippen LogP contribution in [0.2, 0.25) is 0 Å². The second kappa shape index (κ2) is 4.61. The van der Waals surface area contributed by atoms with E-state index in [-0.39, 0.29) is 0 Å². The minimum Gasteiger partial charge on any atom is -0.411 e. The van der Waals surface area contributed by atoms with Crippen molar-refractivity contribution in [2.75, 3.05) is 0 Å². The maximum atomic E-state index is 10.0. The molecule has 0 spiro atoms. The third-order valence-corrected chi connectivity index (χ3v) is 3.20. The smallest absolute Gasteiger partial charge is 0.113 e. The average molecular weight is 250 g/mol. The highest BCUT2D eigenvalue weighted by Gasteiger charge is 2.16. The molecule has 0 aliphatic rings. The summed E-state index contributed by atoms with van der Waals surface area (Å²) in [6.45, 7) is 1.98. The van der Waals surface area contributed by atoms with Gasteiger partial charge in [0, 0.05) is 16.7 Å². The molecule has 3 rings (SSSR count). The number of rotatable bonds is 2. The zero-order valence-corrected chi connectivity index (χ0v) is 10.6. The molecule has 1 N–H and O–H groups in total. The SMILES string of the molecule is Cc1c(-c2ccccc2)nn(O)c1-c1ccccc1. The summed E-state index contributed by atoms with van der Waals surface area (Å²) in [5.74, 6) is 0. The summed E-state index contributed by atoms with van der Waals surface area (Å²) in [6.07, 6.45) is 0. The third-order valence-electron chi connectivity index (χ3n) is 3.20. The Morgan fingerprint density at radius 2 is 1.37 bits per heavy atom. The molecule has 3 nitrogen and oxygen atoms in total. The van der Waals surface area contributed by atoms with Crippen LogP contribution in [0.3, 0.4) is 0 Å². The second-order valence-corrected chi connectivity index (χ2v) is 4.44. The second-order valence-electron chi connectivity index (χ2n) is 4.44. The Morgan fingerprint density at radius 1 is 0.842 bits per heavy atom. The predicted octanol–water partition coefficient (Wildman–Crippen LogP) is 3.76. The Bertz CT molecular complexity index is 688. The Kier molecular flexibility index (Phi) is 2.80. The van der Waals surface area contributed by atoms with Gasteiger partial charge in [-0.1, -0.05) is 60.7 Å². The van der Waals surface area contributed by atoms with Crippen molar-refractivity contribution < 1.29 is 5.21 Å². The molecule has 3 aromatic rings. The van der Waals surface area contributed by atoms with Crippen molar-refractivity contribution in [3.05, 3.63) is 66.2 Å². The highest BCUT2D eigenvalue weighted by atomic mass is 16.5. The van der Waals surface area contributed by atoms with E-state index in [2.05, 4.69) is 5.10 Å². The Labute approximate surface area is 111 Å². The van der Waals surface area contributed by atoms with Crippen molar-refractivity contribution in [3.8, 4) is 22.5 Å². The lowest BCUT2D eigenvalue weighted by molar-refractivity contribution is 0.154. The van der Waals surface area contributed by atoms with Crippen LogP contribution in [0.25, 0.3) is 22.5 Å². The van der Waals surface area contributed by atoms with Crippen molar-refractivity contribution in [1.82, 2.24) is 9.94 Å². The van der Waals surface area contributed by atoms with E-state index in [0.717, 1.165) is 32.9 Å². The van der Waals surface area contributed by atoms with Crippen LogP contribution >= 0.6 is 0 Å². The predicted molar refractivity (Wildman–Crippen MR) is 75.0 cm³/mol. The van der Waals surface area contributed by atoms with Crippen LogP contribution in [-0.4, -0.2) is 15.2 Å². The molecule has 0 saturated carbocycles. The number of aromatic nitrogens is 2. The largest absolute Gasteiger partial charge is 0.411 e. The lowest BCUT2D eigenvalue weighted by atomic mass is 10.0. The molecule has 0 saturated heterocycles. The van der Waals surface area contributed by atoms with E-state index in [4.69, 9.17) is 0 Å². The molecule has 94 valence electrons. The topological polar surface area (TPSA) is 38.0 Å². The first-order valence-corrected chi connectivity index (χ1v) is 6.17. The number of hydrogen-bond acceptors (Lipinski definition) is 2. The molecule has 1 heterocycles. The maximum Gasteiger partial charge on any atom is 0.113 e. The first-order chi connectivity index (χ1) is 9.27. The zero-order chi connectivity index (χ0) is 13.2. The minimum atomic E-state index is 0.736. The van der Waals surface area contributed by atoms with Gasteiger partial charge < -0.3 is 5.21 Å². The summed E-state index contributed by atoms with van der Waals surface area (Å²) in [4.78, 5) is 0.965. The van der Waals surface area contributed by atoms with Crippen molar-refractivity contribution in [1.29, 1.82) is 0 Å². The number of nitrogens with zero attached hydrogens (tertiary/aromatic N) is 2. The first kappa shape index (κ1) is 11.5. The highest BCUT2D eigenvalue weighted by Crippen LogP contribution is 2.30. The van der Waals surface area contributed by atoms with Gasteiger partial charge in [0.05, 0.1) is 5.69 Å². The molecular weight excluding hydrogens is 236 g/mol. The van der Waals surface area contributed by atoms with Crippen LogP contribution in [0.4, 0.5) is 0 Å². The van der Waals surface area contributed by atoms with Gasteiger partial charge in [0.25, 0.3) is 0 Å². The first-order valence-electron chi connectivity index (χ1n) is 6.17. The van der Waals surface area contributed by atoms with Gasteiger partial charge in [0.15, 0.2) is 0 Å². The van der Waals surface area contributed by atoms with Gasteiger partial charge in [-0.25, -0.2) is 0 Å². The number of benzene rings is 2. The van der Waals surface area contributed by atoms with Crippen LogP contribution < -0.4 is 0 Å². The van der Waals surface area contributed by atoms with Crippen molar-refractivity contribution in [2.45, 2.75) is 6.92 Å². The molecular formula is C16H14N2O. The fraction of sp³-hybridized carbons (Fsp3) is 0.0625. The van der Waals surface area contributed by atoms with Crippen molar-refractivity contribution in [2.24, 2.45) is 0 Å². The molecule has 0 radical (unpaired) electrons. The fourth-order valence-electron chi connectivity index (χ4n) is 2.28. The molecule has 0 aliphatic heterocycles. The zero-order valence-electron chi connectivity index (χ0n) is 10.6. The molecule has 0 bridgehead atoms. The molecule has 3 heteroatoms. The standard InChI is InChI=1S/C16H14N2O/c1-12-15(13-8-4-2-5-9-13)17-18(19)16(12)14-10-6-3-7-11-14/h2-11,19H,1H3. The van der Waals surface area contributed by atoms with Gasteiger partial charge in [-0.2, -0.15) is 0 Å². The summed E-state index contributed by atoms with van der Waals surface area (Å²) in [5.41, 5.74) is 4.48. The minimum absolute atomic E-state index is 0.736. The Morgan fingerprint density at radius 3 is 1.95 bits per heavy atom. The Hall–Kier alpha value is -2.55. The number of hydrogen-bond donors (Lipinski definition) is 1. The summed E-state index contributed by atoms with van der Waals surface area (Å²) >= 11 is 0. The van der Waals surface area contributed by atoms with E-state index in [9.17, 15) is 5.21 Å². The lowest BCUT2D eigenvalue weighted by Gasteiger charge is -2.01. The van der Waals surface area contributed by atoms with Crippen LogP contribution in [0.5, 0.6) is 0 Å². The van der Waals surface area contributed by atoms with E-state index in [1.807, 2.05) is 67.6 Å². The van der Waals surface area contributed by atoms with E-state index in [0.29, 0.717) is 0 Å². The molecule has 0 unspecified atom stereocenters. The normalized spacial score (nSPS) is 10.6. The summed E-state index contributed by atoms with van der Waals surface area (Å²) in [7, 11) is 0. The van der Waals surface area contributed by atoms with Crippen LogP contribution in [-0.2, 0) is 0 Å². The van der Waals surface area contributed by atoms with Crippen LogP contribution in [0.15, 0.2) is 60.7 Å². The molecule has 0 aliphatic carbocycles. The quantitative estimate of drug-likeness (QED) is 0.703. The average Bonchev–Trinajstić information content (AvgIpc) is 2.76. The van der Waals surface area contributed by atoms with E-state index >= 15 is 0 Å². The van der Waals surface area contributed by atoms with Crippen molar-refractivity contribution in [3.63, 3.8) is 0 Å². The van der Waals surface area contributed by atoms with Gasteiger partial charge in [0.1, 0.15) is 5.69 Å². The van der Waals surface area contributed by atoms with Gasteiger partial charge in [0.2, 0.25) is 0 Å². The maximum absolute atomic E-state index is 10.0. The third kappa shape index (κ3) is 1.99. The summed E-state index contributed by atoms with van der Waals surface area (Å²) < 4.78 is 0. The lowest BCUT2D eigenvalue weighted by Crippen LogP contribution is -1.95. The van der Waals surface area contributed by atoms with Crippen LogP contribution in [0.1, 0.15) is 5.56 Å². The summed E-state index contributed by atoms with van der Waals surface area (Å²) in [5, 5.41) is 14.3. The van der Waals surface area contributed by atoms with E-state index in [1.54, 1.807) is 0 Å². The van der Waals surface area contributed by atoms with Gasteiger partial charge in [-0.15, -0.1) is 9.94 Å². The monoisotopic (exact) mass is 250 g/mol. The van der Waals surface area contributed by atoms with Gasteiger partial charge in [-0.3, -0.25) is 0 Å². The molecule has 0 fully saturated rings. The molecule has 0 amide bonds. The Balaban J connectivity index is 2.17. The van der Waals surface area contributed by atoms with Gasteiger partial charge >= 0.3 is 0 Å². The van der Waals surface area contributed by atoms with E-state index < -0.39 is 0 Å². The summed E-state index contributed by atoms with van der Waals surface area (Å²) in [6, 6.07) is 19.7. The highest BCUT2D eigenvalue weighted by molar-refractivity contribution is 5.73. The molecule has 1 aromatic heterocycles. The molecule has 0 atom stereocenters. The van der Waals surface area contributed by atoms with Gasteiger partial charge in [-0.05, 0) is 6.92 Å². The molecule has 19 heavy (non-hydrogen) atoms. The van der Waals surface area contributed by atoms with Crippen LogP contribution in [0, 0.1) is 6.92 Å². The van der Waals surface area contributed by atoms with E-state index in [1.165, 1.54) is 0 Å². The molecule has 2 aromatic carbocycles. The van der Waals surface area contributed by atoms with Crippen molar-refractivity contribution >= 4 is 0 Å². The fourth-order valence-corrected chi connectivity index (χ4v) is 2.28.